The fraction of sp³-hybridized carbons (Fsp3) is 0.385. The van der Waals surface area contributed by atoms with Crippen molar-refractivity contribution in [1.29, 1.82) is 0 Å². The summed E-state index contributed by atoms with van der Waals surface area (Å²) in [5, 5.41) is 8.12. The SMILES string of the molecule is CCCCCn1c(-c2cccc(Cl)c2Cl)n[nH]c1=S. The van der Waals surface area contributed by atoms with Crippen LogP contribution in [0.2, 0.25) is 10.0 Å². The van der Waals surface area contributed by atoms with Crippen molar-refractivity contribution in [2.75, 3.05) is 0 Å². The van der Waals surface area contributed by atoms with Gasteiger partial charge in [-0.1, -0.05) is 49.0 Å². The molecular formula is C13H15Cl2N3S. The fourth-order valence-corrected chi connectivity index (χ4v) is 2.54. The molecule has 102 valence electrons. The van der Waals surface area contributed by atoms with Gasteiger partial charge in [0.2, 0.25) is 0 Å². The van der Waals surface area contributed by atoms with Crippen molar-refractivity contribution in [2.24, 2.45) is 0 Å². The highest BCUT2D eigenvalue weighted by Crippen LogP contribution is 2.32. The number of unbranched alkanes of at least 4 members (excludes halogenated alkanes) is 2. The number of nitrogens with zero attached hydrogens (tertiary/aromatic N) is 2. The zero-order chi connectivity index (χ0) is 13.8. The van der Waals surface area contributed by atoms with Crippen LogP contribution < -0.4 is 0 Å². The molecule has 0 atom stereocenters. The molecule has 0 unspecified atom stereocenters. The average molecular weight is 316 g/mol. The van der Waals surface area contributed by atoms with Crippen LogP contribution in [-0.4, -0.2) is 14.8 Å². The summed E-state index contributed by atoms with van der Waals surface area (Å²) in [6.45, 7) is 3.00. The molecule has 1 aromatic heterocycles. The minimum Gasteiger partial charge on any atom is -0.300 e. The first-order valence-electron chi connectivity index (χ1n) is 6.24. The highest BCUT2D eigenvalue weighted by Gasteiger charge is 2.13. The highest BCUT2D eigenvalue weighted by molar-refractivity contribution is 7.71. The summed E-state index contributed by atoms with van der Waals surface area (Å²) in [5.41, 5.74) is 0.804. The van der Waals surface area contributed by atoms with Gasteiger partial charge in [0.25, 0.3) is 0 Å². The molecule has 2 rings (SSSR count). The lowest BCUT2D eigenvalue weighted by Gasteiger charge is -2.08. The van der Waals surface area contributed by atoms with Gasteiger partial charge >= 0.3 is 0 Å². The molecular weight excluding hydrogens is 301 g/mol. The molecule has 0 aliphatic heterocycles. The van der Waals surface area contributed by atoms with E-state index in [0.29, 0.717) is 14.8 Å². The molecule has 0 amide bonds. The Morgan fingerprint density at radius 2 is 2.11 bits per heavy atom. The van der Waals surface area contributed by atoms with Crippen LogP contribution in [-0.2, 0) is 6.54 Å². The van der Waals surface area contributed by atoms with E-state index in [2.05, 4.69) is 17.1 Å². The van der Waals surface area contributed by atoms with E-state index in [-0.39, 0.29) is 0 Å². The number of H-pyrrole nitrogens is 1. The molecule has 1 heterocycles. The first-order chi connectivity index (χ1) is 9.15. The van der Waals surface area contributed by atoms with Crippen LogP contribution in [0, 0.1) is 4.77 Å². The molecule has 0 saturated carbocycles. The number of nitrogens with one attached hydrogen (secondary N) is 1. The summed E-state index contributed by atoms with van der Waals surface area (Å²) in [4.78, 5) is 0. The Bertz CT molecular complexity index is 619. The van der Waals surface area contributed by atoms with Gasteiger partial charge in [-0.25, -0.2) is 0 Å². The van der Waals surface area contributed by atoms with Crippen LogP contribution in [0.25, 0.3) is 11.4 Å². The topological polar surface area (TPSA) is 33.6 Å². The molecule has 0 spiro atoms. The van der Waals surface area contributed by atoms with Gasteiger partial charge in [0.15, 0.2) is 10.6 Å². The van der Waals surface area contributed by atoms with Gasteiger partial charge < -0.3 is 4.57 Å². The summed E-state index contributed by atoms with van der Waals surface area (Å²) in [6.07, 6.45) is 3.39. The van der Waals surface area contributed by atoms with Crippen molar-refractivity contribution in [1.82, 2.24) is 14.8 Å². The maximum absolute atomic E-state index is 6.24. The maximum Gasteiger partial charge on any atom is 0.195 e. The number of aromatic nitrogens is 3. The molecule has 0 radical (unpaired) electrons. The van der Waals surface area contributed by atoms with Crippen LogP contribution in [0.15, 0.2) is 18.2 Å². The molecule has 3 nitrogen and oxygen atoms in total. The lowest BCUT2D eigenvalue weighted by atomic mass is 10.2. The number of rotatable bonds is 5. The Kier molecular flexibility index (Phi) is 5.02. The predicted molar refractivity (Wildman–Crippen MR) is 82.4 cm³/mol. The van der Waals surface area contributed by atoms with Crippen molar-refractivity contribution in [3.8, 4) is 11.4 Å². The molecule has 19 heavy (non-hydrogen) atoms. The Labute approximate surface area is 127 Å². The largest absolute Gasteiger partial charge is 0.300 e. The van der Waals surface area contributed by atoms with E-state index in [9.17, 15) is 0 Å². The molecule has 0 saturated heterocycles. The smallest absolute Gasteiger partial charge is 0.195 e. The van der Waals surface area contributed by atoms with Gasteiger partial charge in [-0.3, -0.25) is 5.10 Å². The first-order valence-corrected chi connectivity index (χ1v) is 7.41. The molecule has 1 aromatic carbocycles. The molecule has 6 heteroatoms. The normalized spacial score (nSPS) is 10.9. The number of halogens is 2. The highest BCUT2D eigenvalue weighted by atomic mass is 35.5. The number of aromatic amines is 1. The molecule has 2 aromatic rings. The molecule has 0 fully saturated rings. The van der Waals surface area contributed by atoms with E-state index in [1.807, 2.05) is 16.7 Å². The molecule has 0 aliphatic carbocycles. The quantitative estimate of drug-likeness (QED) is 0.614. The monoisotopic (exact) mass is 315 g/mol. The van der Waals surface area contributed by atoms with Crippen LogP contribution in [0.4, 0.5) is 0 Å². The third-order valence-electron chi connectivity index (χ3n) is 2.94. The van der Waals surface area contributed by atoms with Gasteiger partial charge in [-0.05, 0) is 30.8 Å². The summed E-state index contributed by atoms with van der Waals surface area (Å²) in [5.74, 6) is 0.744. The Morgan fingerprint density at radius 3 is 2.84 bits per heavy atom. The van der Waals surface area contributed by atoms with Gasteiger partial charge in [-0.15, -0.1) is 0 Å². The minimum absolute atomic E-state index is 0.509. The second-order valence-electron chi connectivity index (χ2n) is 4.31. The van der Waals surface area contributed by atoms with Crippen molar-refractivity contribution in [2.45, 2.75) is 32.7 Å². The van der Waals surface area contributed by atoms with Crippen molar-refractivity contribution in [3.05, 3.63) is 33.0 Å². The van der Waals surface area contributed by atoms with Crippen molar-refractivity contribution < 1.29 is 0 Å². The Morgan fingerprint density at radius 1 is 1.32 bits per heavy atom. The molecule has 1 N–H and O–H groups in total. The summed E-state index contributed by atoms with van der Waals surface area (Å²) >= 11 is 17.5. The van der Waals surface area contributed by atoms with Crippen LogP contribution in [0.1, 0.15) is 26.2 Å². The van der Waals surface area contributed by atoms with E-state index in [4.69, 9.17) is 35.4 Å². The number of hydrogen-bond donors (Lipinski definition) is 1. The third-order valence-corrected chi connectivity index (χ3v) is 4.07. The minimum atomic E-state index is 0.509. The summed E-state index contributed by atoms with van der Waals surface area (Å²) in [7, 11) is 0. The van der Waals surface area contributed by atoms with Gasteiger partial charge in [0.1, 0.15) is 0 Å². The Balaban J connectivity index is 2.40. The van der Waals surface area contributed by atoms with Crippen LogP contribution in [0.5, 0.6) is 0 Å². The predicted octanol–water partition coefficient (Wildman–Crippen LogP) is 5.10. The van der Waals surface area contributed by atoms with E-state index < -0.39 is 0 Å². The lowest BCUT2D eigenvalue weighted by molar-refractivity contribution is 0.600. The summed E-state index contributed by atoms with van der Waals surface area (Å²) < 4.78 is 2.59. The average Bonchev–Trinajstić information content (AvgIpc) is 2.75. The second kappa shape index (κ2) is 6.55. The number of hydrogen-bond acceptors (Lipinski definition) is 2. The van der Waals surface area contributed by atoms with E-state index in [1.165, 1.54) is 6.42 Å². The van der Waals surface area contributed by atoms with Gasteiger partial charge in [-0.2, -0.15) is 5.10 Å². The number of benzene rings is 1. The third kappa shape index (κ3) is 3.19. The second-order valence-corrected chi connectivity index (χ2v) is 5.48. The van der Waals surface area contributed by atoms with E-state index in [0.717, 1.165) is 30.8 Å². The van der Waals surface area contributed by atoms with Crippen LogP contribution >= 0.6 is 35.4 Å². The molecule has 0 bridgehead atoms. The standard InChI is InChI=1S/C13H15Cl2N3S/c1-2-3-4-8-18-12(16-17-13(18)19)9-6-5-7-10(14)11(9)15/h5-7H,2-4,8H2,1H3,(H,17,19). The fourth-order valence-electron chi connectivity index (χ4n) is 1.93. The van der Waals surface area contributed by atoms with E-state index >= 15 is 0 Å². The van der Waals surface area contributed by atoms with Crippen LogP contribution in [0.3, 0.4) is 0 Å². The molecule has 0 aliphatic rings. The zero-order valence-corrected chi connectivity index (χ0v) is 12.9. The first kappa shape index (κ1) is 14.6. The maximum atomic E-state index is 6.24. The van der Waals surface area contributed by atoms with Gasteiger partial charge in [0, 0.05) is 12.1 Å². The van der Waals surface area contributed by atoms with Crippen molar-refractivity contribution >= 4 is 35.4 Å². The van der Waals surface area contributed by atoms with Gasteiger partial charge in [0.05, 0.1) is 10.0 Å². The van der Waals surface area contributed by atoms with E-state index in [1.54, 1.807) is 6.07 Å². The van der Waals surface area contributed by atoms with Crippen molar-refractivity contribution in [3.63, 3.8) is 0 Å². The summed E-state index contributed by atoms with van der Waals surface area (Å²) in [6, 6.07) is 5.52. The Hall–Kier alpha value is -0.840. The zero-order valence-electron chi connectivity index (χ0n) is 10.6. The lowest BCUT2D eigenvalue weighted by Crippen LogP contribution is -2.01.